The van der Waals surface area contributed by atoms with Crippen LogP contribution < -0.4 is 9.47 Å². The van der Waals surface area contributed by atoms with Gasteiger partial charge in [0.05, 0.1) is 5.92 Å². The van der Waals surface area contributed by atoms with E-state index in [1.807, 2.05) is 56.3 Å². The van der Waals surface area contributed by atoms with E-state index in [0.717, 1.165) is 23.1 Å². The van der Waals surface area contributed by atoms with E-state index < -0.39 is 5.97 Å². The summed E-state index contributed by atoms with van der Waals surface area (Å²) in [6.07, 6.45) is 3.81. The minimum Gasteiger partial charge on any atom is -0.426 e. The lowest BCUT2D eigenvalue weighted by molar-refractivity contribution is -0.138. The molecule has 1 unspecified atom stereocenters. The van der Waals surface area contributed by atoms with Gasteiger partial charge in [-0.05, 0) is 53.5 Å². The lowest BCUT2D eigenvalue weighted by Gasteiger charge is -2.09. The second-order valence-corrected chi connectivity index (χ2v) is 6.94. The fraction of sp³-hybridized carbons (Fsp3) is 0.154. The van der Waals surface area contributed by atoms with Gasteiger partial charge in [0.2, 0.25) is 0 Å². The number of benzene rings is 3. The van der Waals surface area contributed by atoms with Gasteiger partial charge in [-0.25, -0.2) is 4.79 Å². The molecule has 0 amide bonds. The number of esters is 2. The smallest absolute Gasteiger partial charge is 0.336 e. The van der Waals surface area contributed by atoms with Crippen molar-refractivity contribution in [3.8, 4) is 22.6 Å². The number of ether oxygens (including phenoxy) is 2. The topological polar surface area (TPSA) is 52.6 Å². The first-order chi connectivity index (χ1) is 14.5. The van der Waals surface area contributed by atoms with E-state index >= 15 is 0 Å². The Morgan fingerprint density at radius 3 is 1.97 bits per heavy atom. The third-order valence-electron chi connectivity index (χ3n) is 4.71. The molecule has 152 valence electrons. The summed E-state index contributed by atoms with van der Waals surface area (Å²) in [6.45, 7) is 3.75. The fourth-order valence-corrected chi connectivity index (χ4v) is 2.69. The maximum atomic E-state index is 12.1. The molecule has 4 nitrogen and oxygen atoms in total. The SMILES string of the molecule is CCC(C)C(=O)Oc1ccc(OC(=O)/C=C/c2ccc(-c3ccccc3)cc2)cc1. The Labute approximate surface area is 176 Å². The van der Waals surface area contributed by atoms with Crippen LogP contribution in [0.1, 0.15) is 25.8 Å². The minimum absolute atomic E-state index is 0.158. The summed E-state index contributed by atoms with van der Waals surface area (Å²) < 4.78 is 10.6. The predicted octanol–water partition coefficient (Wildman–Crippen LogP) is 5.92. The van der Waals surface area contributed by atoms with Gasteiger partial charge in [-0.1, -0.05) is 68.4 Å². The molecule has 3 aromatic rings. The van der Waals surface area contributed by atoms with Crippen LogP contribution in [0.2, 0.25) is 0 Å². The Hall–Kier alpha value is -3.66. The van der Waals surface area contributed by atoms with Crippen molar-refractivity contribution in [1.82, 2.24) is 0 Å². The quantitative estimate of drug-likeness (QED) is 0.280. The van der Waals surface area contributed by atoms with Crippen LogP contribution in [0.3, 0.4) is 0 Å². The average Bonchev–Trinajstić information content (AvgIpc) is 2.79. The second kappa shape index (κ2) is 10.2. The van der Waals surface area contributed by atoms with Crippen LogP contribution in [0.15, 0.2) is 84.9 Å². The lowest BCUT2D eigenvalue weighted by Crippen LogP contribution is -2.16. The first-order valence-electron chi connectivity index (χ1n) is 9.92. The van der Waals surface area contributed by atoms with Crippen molar-refractivity contribution in [2.24, 2.45) is 5.92 Å². The number of hydrogen-bond donors (Lipinski definition) is 0. The summed E-state index contributed by atoms with van der Waals surface area (Å²) in [5.41, 5.74) is 3.16. The molecule has 0 aliphatic carbocycles. The van der Waals surface area contributed by atoms with Gasteiger partial charge in [0.15, 0.2) is 0 Å². The summed E-state index contributed by atoms with van der Waals surface area (Å²) >= 11 is 0. The molecule has 0 aliphatic rings. The van der Waals surface area contributed by atoms with Crippen LogP contribution in [0.25, 0.3) is 17.2 Å². The maximum absolute atomic E-state index is 12.1. The Morgan fingerprint density at radius 2 is 1.37 bits per heavy atom. The van der Waals surface area contributed by atoms with E-state index in [0.29, 0.717) is 11.5 Å². The van der Waals surface area contributed by atoms with Crippen LogP contribution in [0.5, 0.6) is 11.5 Å². The van der Waals surface area contributed by atoms with E-state index in [1.165, 1.54) is 6.08 Å². The second-order valence-electron chi connectivity index (χ2n) is 6.94. The number of carbonyl (C=O) groups is 2. The van der Waals surface area contributed by atoms with Crippen LogP contribution in [0, 0.1) is 5.92 Å². The van der Waals surface area contributed by atoms with Gasteiger partial charge in [0, 0.05) is 6.08 Å². The molecule has 0 heterocycles. The predicted molar refractivity (Wildman–Crippen MR) is 118 cm³/mol. The molecule has 0 spiro atoms. The third kappa shape index (κ3) is 5.92. The first kappa shape index (κ1) is 21.1. The van der Waals surface area contributed by atoms with E-state index in [9.17, 15) is 9.59 Å². The Morgan fingerprint density at radius 1 is 0.800 bits per heavy atom. The zero-order valence-corrected chi connectivity index (χ0v) is 17.1. The molecule has 4 heteroatoms. The third-order valence-corrected chi connectivity index (χ3v) is 4.71. The zero-order chi connectivity index (χ0) is 21.3. The van der Waals surface area contributed by atoms with Crippen LogP contribution in [0.4, 0.5) is 0 Å². The molecule has 0 bridgehead atoms. The van der Waals surface area contributed by atoms with Crippen molar-refractivity contribution in [2.45, 2.75) is 20.3 Å². The number of carbonyl (C=O) groups excluding carboxylic acids is 2. The lowest BCUT2D eigenvalue weighted by atomic mass is 10.0. The van der Waals surface area contributed by atoms with Crippen molar-refractivity contribution in [2.75, 3.05) is 0 Å². The number of rotatable bonds is 7. The molecule has 1 atom stereocenters. The molecule has 0 aromatic heterocycles. The Kier molecular flexibility index (Phi) is 7.17. The average molecular weight is 400 g/mol. The summed E-state index contributed by atoms with van der Waals surface area (Å²) in [7, 11) is 0. The maximum Gasteiger partial charge on any atom is 0.336 e. The van der Waals surface area contributed by atoms with Gasteiger partial charge >= 0.3 is 11.9 Å². The van der Waals surface area contributed by atoms with Crippen molar-refractivity contribution in [1.29, 1.82) is 0 Å². The molecular weight excluding hydrogens is 376 g/mol. The largest absolute Gasteiger partial charge is 0.426 e. The van der Waals surface area contributed by atoms with E-state index in [-0.39, 0.29) is 11.9 Å². The minimum atomic E-state index is -0.480. The van der Waals surface area contributed by atoms with Crippen molar-refractivity contribution in [3.05, 3.63) is 90.5 Å². The molecule has 0 aliphatic heterocycles. The molecule has 3 aromatic carbocycles. The van der Waals surface area contributed by atoms with Gasteiger partial charge in [-0.15, -0.1) is 0 Å². The standard InChI is InChI=1S/C26H24O4/c1-3-19(2)26(28)30-24-16-14-23(15-17-24)29-25(27)18-11-20-9-12-22(13-10-20)21-7-5-4-6-8-21/h4-19H,3H2,1-2H3/b18-11+. The normalized spacial score (nSPS) is 11.8. The monoisotopic (exact) mass is 400 g/mol. The Bertz CT molecular complexity index is 1000. The van der Waals surface area contributed by atoms with E-state index in [4.69, 9.17) is 9.47 Å². The number of hydrogen-bond acceptors (Lipinski definition) is 4. The van der Waals surface area contributed by atoms with Crippen molar-refractivity contribution < 1.29 is 19.1 Å². The van der Waals surface area contributed by atoms with Gasteiger partial charge in [-0.2, -0.15) is 0 Å². The molecule has 0 saturated heterocycles. The highest BCUT2D eigenvalue weighted by atomic mass is 16.5. The van der Waals surface area contributed by atoms with Gasteiger partial charge in [0.1, 0.15) is 11.5 Å². The van der Waals surface area contributed by atoms with Crippen LogP contribution in [-0.4, -0.2) is 11.9 Å². The fourth-order valence-electron chi connectivity index (χ4n) is 2.69. The van der Waals surface area contributed by atoms with Crippen molar-refractivity contribution in [3.63, 3.8) is 0 Å². The molecule has 0 saturated carbocycles. The Balaban J connectivity index is 1.55. The molecule has 0 radical (unpaired) electrons. The summed E-state index contributed by atoms with van der Waals surface area (Å²) in [6, 6.07) is 24.4. The summed E-state index contributed by atoms with van der Waals surface area (Å²) in [5.74, 6) is -0.106. The highest BCUT2D eigenvalue weighted by Gasteiger charge is 2.13. The van der Waals surface area contributed by atoms with Gasteiger partial charge in [-0.3, -0.25) is 4.79 Å². The first-order valence-corrected chi connectivity index (χ1v) is 9.92. The molecule has 0 fully saturated rings. The zero-order valence-electron chi connectivity index (χ0n) is 17.1. The molecule has 0 N–H and O–H groups in total. The van der Waals surface area contributed by atoms with E-state index in [2.05, 4.69) is 12.1 Å². The van der Waals surface area contributed by atoms with Crippen LogP contribution >= 0.6 is 0 Å². The molecular formula is C26H24O4. The van der Waals surface area contributed by atoms with Crippen LogP contribution in [-0.2, 0) is 9.59 Å². The van der Waals surface area contributed by atoms with Gasteiger partial charge in [0.25, 0.3) is 0 Å². The summed E-state index contributed by atoms with van der Waals surface area (Å²) in [5, 5.41) is 0. The van der Waals surface area contributed by atoms with E-state index in [1.54, 1.807) is 30.3 Å². The van der Waals surface area contributed by atoms with Gasteiger partial charge < -0.3 is 9.47 Å². The highest BCUT2D eigenvalue weighted by Crippen LogP contribution is 2.21. The molecule has 3 rings (SSSR count). The molecule has 30 heavy (non-hydrogen) atoms. The summed E-state index contributed by atoms with van der Waals surface area (Å²) in [4.78, 5) is 23.9. The highest BCUT2D eigenvalue weighted by molar-refractivity contribution is 5.88. The van der Waals surface area contributed by atoms with Crippen molar-refractivity contribution >= 4 is 18.0 Å².